The lowest BCUT2D eigenvalue weighted by Gasteiger charge is -2.34. The van der Waals surface area contributed by atoms with Gasteiger partial charge in [0, 0.05) is 23.8 Å². The summed E-state index contributed by atoms with van der Waals surface area (Å²) in [6, 6.07) is 9.66. The highest BCUT2D eigenvalue weighted by molar-refractivity contribution is 7.89. The van der Waals surface area contributed by atoms with Crippen molar-refractivity contribution in [1.82, 2.24) is 9.62 Å². The van der Waals surface area contributed by atoms with E-state index in [2.05, 4.69) is 10.0 Å². The zero-order chi connectivity index (χ0) is 23.5. The van der Waals surface area contributed by atoms with Gasteiger partial charge >= 0.3 is 0 Å². The van der Waals surface area contributed by atoms with Gasteiger partial charge in [0.15, 0.2) is 0 Å². The molecule has 1 fully saturated rings. The van der Waals surface area contributed by atoms with Crippen LogP contribution in [-0.4, -0.2) is 43.8 Å². The Morgan fingerprint density at radius 3 is 2.50 bits per heavy atom. The third kappa shape index (κ3) is 5.81. The van der Waals surface area contributed by atoms with Crippen LogP contribution in [0.15, 0.2) is 47.4 Å². The van der Waals surface area contributed by atoms with Crippen LogP contribution < -0.4 is 10.0 Å². The van der Waals surface area contributed by atoms with E-state index in [4.69, 9.17) is 23.2 Å². The molecule has 7 nitrogen and oxygen atoms in total. The molecule has 0 spiro atoms. The molecule has 10 heteroatoms. The number of anilines is 1. The lowest BCUT2D eigenvalue weighted by molar-refractivity contribution is -0.121. The van der Waals surface area contributed by atoms with Gasteiger partial charge in [-0.2, -0.15) is 0 Å². The van der Waals surface area contributed by atoms with E-state index in [-0.39, 0.29) is 28.3 Å². The smallest absolute Gasteiger partial charge is 0.254 e. The van der Waals surface area contributed by atoms with Gasteiger partial charge in [-0.1, -0.05) is 29.3 Å². The quantitative estimate of drug-likeness (QED) is 0.621. The van der Waals surface area contributed by atoms with Crippen molar-refractivity contribution in [3.63, 3.8) is 0 Å². The Labute approximate surface area is 198 Å². The SMILES string of the molecule is CC(C)NS(=O)(=O)c1cccc(C(=O)N2CCCCC2C(=O)Nc2ccc(Cl)c(Cl)c2)c1. The number of halogens is 2. The Morgan fingerprint density at radius 2 is 1.81 bits per heavy atom. The van der Waals surface area contributed by atoms with Crippen LogP contribution in [0.5, 0.6) is 0 Å². The first-order chi connectivity index (χ1) is 15.1. The summed E-state index contributed by atoms with van der Waals surface area (Å²) in [5.74, 6) is -0.720. The van der Waals surface area contributed by atoms with Crippen molar-refractivity contribution in [3.8, 4) is 0 Å². The Kier molecular flexibility index (Phi) is 7.82. The van der Waals surface area contributed by atoms with Gasteiger partial charge in [0.2, 0.25) is 15.9 Å². The van der Waals surface area contributed by atoms with Gasteiger partial charge in [-0.25, -0.2) is 13.1 Å². The Bertz CT molecular complexity index is 1120. The van der Waals surface area contributed by atoms with Crippen LogP contribution in [-0.2, 0) is 14.8 Å². The molecule has 2 aromatic rings. The van der Waals surface area contributed by atoms with Gasteiger partial charge < -0.3 is 10.2 Å². The van der Waals surface area contributed by atoms with Gasteiger partial charge in [-0.3, -0.25) is 9.59 Å². The molecule has 2 N–H and O–H groups in total. The highest BCUT2D eigenvalue weighted by Gasteiger charge is 2.33. The minimum absolute atomic E-state index is 0.00543. The van der Waals surface area contributed by atoms with Crippen LogP contribution in [0, 0.1) is 0 Å². The zero-order valence-corrected chi connectivity index (χ0v) is 20.1. The maximum Gasteiger partial charge on any atom is 0.254 e. The average Bonchev–Trinajstić information content (AvgIpc) is 2.75. The molecule has 2 aromatic carbocycles. The zero-order valence-electron chi connectivity index (χ0n) is 17.8. The molecule has 0 bridgehead atoms. The molecule has 0 aliphatic carbocycles. The van der Waals surface area contributed by atoms with E-state index in [0.717, 1.165) is 12.8 Å². The minimum Gasteiger partial charge on any atom is -0.327 e. The van der Waals surface area contributed by atoms with Crippen molar-refractivity contribution in [2.24, 2.45) is 0 Å². The number of amides is 2. The van der Waals surface area contributed by atoms with Crippen LogP contribution in [0.2, 0.25) is 10.0 Å². The standard InChI is InChI=1S/C22H25Cl2N3O4S/c1-14(2)26-32(30,31)17-7-5-6-15(12-17)22(29)27-11-4-3-8-20(27)21(28)25-16-9-10-18(23)19(24)13-16/h5-7,9-10,12-14,20,26H,3-4,8,11H2,1-2H3,(H,25,28). The number of sulfonamides is 1. The summed E-state index contributed by atoms with van der Waals surface area (Å²) in [7, 11) is -3.75. The van der Waals surface area contributed by atoms with Crippen LogP contribution in [0.3, 0.4) is 0 Å². The van der Waals surface area contributed by atoms with E-state index in [9.17, 15) is 18.0 Å². The minimum atomic E-state index is -3.75. The largest absolute Gasteiger partial charge is 0.327 e. The van der Waals surface area contributed by atoms with E-state index >= 15 is 0 Å². The Morgan fingerprint density at radius 1 is 1.06 bits per heavy atom. The second-order valence-corrected chi connectivity index (χ2v) is 10.5. The van der Waals surface area contributed by atoms with E-state index in [1.807, 2.05) is 0 Å². The average molecular weight is 498 g/mol. The maximum absolute atomic E-state index is 13.3. The van der Waals surface area contributed by atoms with Gasteiger partial charge in [0.05, 0.1) is 14.9 Å². The lowest BCUT2D eigenvalue weighted by Crippen LogP contribution is -2.50. The molecule has 32 heavy (non-hydrogen) atoms. The summed E-state index contributed by atoms with van der Waals surface area (Å²) < 4.78 is 27.5. The molecule has 172 valence electrons. The fourth-order valence-corrected chi connectivity index (χ4v) is 5.18. The summed E-state index contributed by atoms with van der Waals surface area (Å²) >= 11 is 11.9. The number of likely N-dealkylation sites (tertiary alicyclic amines) is 1. The molecule has 1 aliphatic rings. The number of nitrogens with one attached hydrogen (secondary N) is 2. The fraction of sp³-hybridized carbons (Fsp3) is 0.364. The lowest BCUT2D eigenvalue weighted by atomic mass is 10.00. The van der Waals surface area contributed by atoms with Gasteiger partial charge in [-0.15, -0.1) is 0 Å². The number of hydrogen-bond donors (Lipinski definition) is 2. The summed E-state index contributed by atoms with van der Waals surface area (Å²) in [4.78, 5) is 27.7. The molecule has 1 unspecified atom stereocenters. The number of carbonyl (C=O) groups is 2. The fourth-order valence-electron chi connectivity index (χ4n) is 3.59. The summed E-state index contributed by atoms with van der Waals surface area (Å²) in [5.41, 5.74) is 0.695. The van der Waals surface area contributed by atoms with E-state index in [1.165, 1.54) is 23.1 Å². The number of hydrogen-bond acceptors (Lipinski definition) is 4. The van der Waals surface area contributed by atoms with Crippen molar-refractivity contribution in [2.45, 2.75) is 50.1 Å². The molecule has 2 amide bonds. The first-order valence-corrected chi connectivity index (χ1v) is 12.5. The summed E-state index contributed by atoms with van der Waals surface area (Å²) in [6.45, 7) is 3.84. The van der Waals surface area contributed by atoms with Crippen molar-refractivity contribution in [2.75, 3.05) is 11.9 Å². The van der Waals surface area contributed by atoms with E-state index in [0.29, 0.717) is 28.7 Å². The van der Waals surface area contributed by atoms with Crippen molar-refractivity contribution < 1.29 is 18.0 Å². The highest BCUT2D eigenvalue weighted by atomic mass is 35.5. The molecule has 0 radical (unpaired) electrons. The second kappa shape index (κ2) is 10.2. The molecule has 1 atom stereocenters. The van der Waals surface area contributed by atoms with Gasteiger partial charge in [-0.05, 0) is 69.5 Å². The molecular weight excluding hydrogens is 473 g/mol. The Balaban J connectivity index is 1.82. The van der Waals surface area contributed by atoms with Gasteiger partial charge in [0.25, 0.3) is 5.91 Å². The number of piperidine rings is 1. The third-order valence-corrected chi connectivity index (χ3v) is 7.43. The van der Waals surface area contributed by atoms with Crippen LogP contribution >= 0.6 is 23.2 Å². The number of nitrogens with zero attached hydrogens (tertiary/aromatic N) is 1. The molecule has 1 aliphatic heterocycles. The normalized spacial score (nSPS) is 16.8. The Hall–Kier alpha value is -2.13. The predicted molar refractivity (Wildman–Crippen MR) is 126 cm³/mol. The second-order valence-electron chi connectivity index (χ2n) is 7.93. The van der Waals surface area contributed by atoms with Crippen LogP contribution in [0.25, 0.3) is 0 Å². The van der Waals surface area contributed by atoms with Crippen LogP contribution in [0.4, 0.5) is 5.69 Å². The van der Waals surface area contributed by atoms with Crippen LogP contribution in [0.1, 0.15) is 43.5 Å². The monoisotopic (exact) mass is 497 g/mol. The van der Waals surface area contributed by atoms with E-state index < -0.39 is 16.1 Å². The number of benzene rings is 2. The third-order valence-electron chi connectivity index (χ3n) is 5.04. The molecule has 0 aromatic heterocycles. The van der Waals surface area contributed by atoms with Crippen molar-refractivity contribution in [3.05, 3.63) is 58.1 Å². The van der Waals surface area contributed by atoms with Crippen molar-refractivity contribution in [1.29, 1.82) is 0 Å². The van der Waals surface area contributed by atoms with Gasteiger partial charge in [0.1, 0.15) is 6.04 Å². The maximum atomic E-state index is 13.3. The topological polar surface area (TPSA) is 95.6 Å². The molecular formula is C22H25Cl2N3O4S. The molecule has 1 saturated heterocycles. The first-order valence-electron chi connectivity index (χ1n) is 10.3. The number of carbonyl (C=O) groups excluding carboxylic acids is 2. The molecule has 3 rings (SSSR count). The summed E-state index contributed by atoms with van der Waals surface area (Å²) in [5, 5.41) is 3.48. The van der Waals surface area contributed by atoms with Crippen molar-refractivity contribution >= 4 is 50.7 Å². The predicted octanol–water partition coefficient (Wildman–Crippen LogP) is 4.31. The molecule has 1 heterocycles. The number of rotatable bonds is 6. The summed E-state index contributed by atoms with van der Waals surface area (Å²) in [6.07, 6.45) is 2.07. The highest BCUT2D eigenvalue weighted by Crippen LogP contribution is 2.27. The van der Waals surface area contributed by atoms with E-state index in [1.54, 1.807) is 38.1 Å². The molecule has 0 saturated carbocycles. The first kappa shape index (κ1) is 24.5.